The summed E-state index contributed by atoms with van der Waals surface area (Å²) in [6, 6.07) is 26.8. The van der Waals surface area contributed by atoms with Gasteiger partial charge in [0, 0.05) is 25.2 Å². The van der Waals surface area contributed by atoms with E-state index in [0.717, 1.165) is 16.9 Å². The molecule has 0 aliphatic heterocycles. The lowest BCUT2D eigenvalue weighted by atomic mass is 10.1. The number of benzene rings is 3. The number of anilines is 2. The Kier molecular flexibility index (Phi) is 6.41. The Morgan fingerprint density at radius 1 is 0.821 bits per heavy atom. The van der Waals surface area contributed by atoms with E-state index in [2.05, 4.69) is 5.32 Å². The van der Waals surface area contributed by atoms with Gasteiger partial charge in [0.05, 0.1) is 11.3 Å². The second kappa shape index (κ2) is 9.37. The number of amides is 2. The van der Waals surface area contributed by atoms with E-state index in [1.165, 1.54) is 0 Å². The summed E-state index contributed by atoms with van der Waals surface area (Å²) in [5.74, 6) is -0.578. The summed E-state index contributed by atoms with van der Waals surface area (Å²) in [7, 11) is 0. The molecular formula is C23H23N3O2. The van der Waals surface area contributed by atoms with E-state index in [1.807, 2.05) is 78.9 Å². The molecule has 0 radical (unpaired) electrons. The predicted octanol–water partition coefficient (Wildman–Crippen LogP) is 3.95. The van der Waals surface area contributed by atoms with Crippen LogP contribution < -0.4 is 11.1 Å². The van der Waals surface area contributed by atoms with E-state index >= 15 is 0 Å². The van der Waals surface area contributed by atoms with Crippen molar-refractivity contribution < 1.29 is 9.59 Å². The van der Waals surface area contributed by atoms with E-state index < -0.39 is 5.91 Å². The molecular weight excluding hydrogens is 350 g/mol. The molecule has 3 rings (SSSR count). The highest BCUT2D eigenvalue weighted by Crippen LogP contribution is 2.23. The van der Waals surface area contributed by atoms with Gasteiger partial charge in [-0.05, 0) is 29.8 Å². The molecule has 142 valence electrons. The first kappa shape index (κ1) is 19.2. The van der Waals surface area contributed by atoms with Gasteiger partial charge in [-0.15, -0.1) is 0 Å². The van der Waals surface area contributed by atoms with Gasteiger partial charge in [-0.25, -0.2) is 0 Å². The fourth-order valence-electron chi connectivity index (χ4n) is 2.93. The molecule has 3 aromatic rings. The third-order valence-electron chi connectivity index (χ3n) is 4.34. The normalized spacial score (nSPS) is 10.3. The highest BCUT2D eigenvalue weighted by molar-refractivity contribution is 6.00. The average Bonchev–Trinajstić information content (AvgIpc) is 2.72. The fourth-order valence-corrected chi connectivity index (χ4v) is 2.93. The zero-order valence-corrected chi connectivity index (χ0v) is 15.5. The van der Waals surface area contributed by atoms with Crippen LogP contribution in [0.2, 0.25) is 0 Å². The Balaban J connectivity index is 1.86. The second-order valence-electron chi connectivity index (χ2n) is 6.47. The summed E-state index contributed by atoms with van der Waals surface area (Å²) in [5.41, 5.74) is 8.47. The molecule has 2 amide bonds. The van der Waals surface area contributed by atoms with Gasteiger partial charge in [0.15, 0.2) is 0 Å². The molecule has 5 heteroatoms. The van der Waals surface area contributed by atoms with Gasteiger partial charge in [0.25, 0.3) is 5.91 Å². The number of nitrogens with two attached hydrogens (primary N) is 1. The molecule has 0 heterocycles. The number of nitrogens with zero attached hydrogens (tertiary/aromatic N) is 1. The van der Waals surface area contributed by atoms with E-state index in [-0.39, 0.29) is 18.9 Å². The minimum absolute atomic E-state index is 0.118. The van der Waals surface area contributed by atoms with Crippen molar-refractivity contribution in [3.63, 3.8) is 0 Å². The van der Waals surface area contributed by atoms with Crippen molar-refractivity contribution in [1.82, 2.24) is 4.90 Å². The average molecular weight is 373 g/mol. The standard InChI is InChI=1S/C23H23N3O2/c24-22(27)15-16-26(17-18-9-3-1-4-10-18)23(28)20-13-7-8-14-21(20)25-19-11-5-2-6-12-19/h1-14,25H,15-17H2,(H2,24,27). The van der Waals surface area contributed by atoms with Crippen molar-refractivity contribution in [3.05, 3.63) is 96.1 Å². The molecule has 28 heavy (non-hydrogen) atoms. The monoisotopic (exact) mass is 373 g/mol. The Bertz CT molecular complexity index is 927. The lowest BCUT2D eigenvalue weighted by molar-refractivity contribution is -0.118. The number of rotatable bonds is 8. The summed E-state index contributed by atoms with van der Waals surface area (Å²) in [4.78, 5) is 26.3. The van der Waals surface area contributed by atoms with E-state index in [9.17, 15) is 9.59 Å². The first-order valence-corrected chi connectivity index (χ1v) is 9.16. The maximum atomic E-state index is 13.3. The Hall–Kier alpha value is -3.60. The zero-order chi connectivity index (χ0) is 19.8. The van der Waals surface area contributed by atoms with Crippen molar-refractivity contribution in [2.24, 2.45) is 5.73 Å². The summed E-state index contributed by atoms with van der Waals surface area (Å²) in [6.07, 6.45) is 0.118. The lowest BCUT2D eigenvalue weighted by Gasteiger charge is -2.24. The number of para-hydroxylation sites is 2. The van der Waals surface area contributed by atoms with Gasteiger partial charge in [0.1, 0.15) is 0 Å². The van der Waals surface area contributed by atoms with Crippen LogP contribution in [0.25, 0.3) is 0 Å². The van der Waals surface area contributed by atoms with Crippen LogP contribution in [-0.2, 0) is 11.3 Å². The number of primary amides is 1. The van der Waals surface area contributed by atoms with Gasteiger partial charge in [-0.1, -0.05) is 60.7 Å². The zero-order valence-electron chi connectivity index (χ0n) is 15.5. The van der Waals surface area contributed by atoms with Crippen LogP contribution in [-0.4, -0.2) is 23.3 Å². The first-order valence-electron chi connectivity index (χ1n) is 9.16. The third-order valence-corrected chi connectivity index (χ3v) is 4.34. The number of nitrogens with one attached hydrogen (secondary N) is 1. The van der Waals surface area contributed by atoms with Crippen LogP contribution in [0.15, 0.2) is 84.9 Å². The van der Waals surface area contributed by atoms with Crippen LogP contribution in [0.3, 0.4) is 0 Å². The molecule has 5 nitrogen and oxygen atoms in total. The van der Waals surface area contributed by atoms with Crippen LogP contribution in [0.5, 0.6) is 0 Å². The minimum Gasteiger partial charge on any atom is -0.370 e. The molecule has 0 bridgehead atoms. The maximum absolute atomic E-state index is 13.3. The number of hydrogen-bond acceptors (Lipinski definition) is 3. The predicted molar refractivity (Wildman–Crippen MR) is 111 cm³/mol. The summed E-state index contributed by atoms with van der Waals surface area (Å²) in [6.45, 7) is 0.676. The van der Waals surface area contributed by atoms with Gasteiger partial charge in [-0.2, -0.15) is 0 Å². The summed E-state index contributed by atoms with van der Waals surface area (Å²) < 4.78 is 0. The van der Waals surface area contributed by atoms with Crippen LogP contribution in [0.1, 0.15) is 22.3 Å². The quantitative estimate of drug-likeness (QED) is 0.628. The van der Waals surface area contributed by atoms with E-state index in [1.54, 1.807) is 11.0 Å². The third kappa shape index (κ3) is 5.20. The lowest BCUT2D eigenvalue weighted by Crippen LogP contribution is -2.34. The topological polar surface area (TPSA) is 75.4 Å². The molecule has 3 N–H and O–H groups in total. The molecule has 0 aliphatic carbocycles. The van der Waals surface area contributed by atoms with Gasteiger partial charge in [0.2, 0.25) is 5.91 Å². The van der Waals surface area contributed by atoms with Crippen molar-refractivity contribution in [1.29, 1.82) is 0 Å². The van der Waals surface area contributed by atoms with Crippen LogP contribution in [0.4, 0.5) is 11.4 Å². The highest BCUT2D eigenvalue weighted by atomic mass is 16.2. The van der Waals surface area contributed by atoms with Crippen molar-refractivity contribution >= 4 is 23.2 Å². The Labute approximate surface area is 164 Å². The minimum atomic E-state index is -0.429. The van der Waals surface area contributed by atoms with Crippen LogP contribution >= 0.6 is 0 Å². The molecule has 0 aromatic heterocycles. The molecule has 0 unspecified atom stereocenters. The fraction of sp³-hybridized carbons (Fsp3) is 0.130. The van der Waals surface area contributed by atoms with Crippen molar-refractivity contribution in [2.45, 2.75) is 13.0 Å². The van der Waals surface area contributed by atoms with E-state index in [4.69, 9.17) is 5.73 Å². The van der Waals surface area contributed by atoms with Gasteiger partial charge < -0.3 is 16.0 Å². The maximum Gasteiger partial charge on any atom is 0.256 e. The van der Waals surface area contributed by atoms with Crippen molar-refractivity contribution in [2.75, 3.05) is 11.9 Å². The molecule has 0 saturated heterocycles. The SMILES string of the molecule is NC(=O)CCN(Cc1ccccc1)C(=O)c1ccccc1Nc1ccccc1. The van der Waals surface area contributed by atoms with Crippen LogP contribution in [0, 0.1) is 0 Å². The van der Waals surface area contributed by atoms with Crippen molar-refractivity contribution in [3.8, 4) is 0 Å². The number of hydrogen-bond donors (Lipinski definition) is 2. The molecule has 3 aromatic carbocycles. The largest absolute Gasteiger partial charge is 0.370 e. The Morgan fingerprint density at radius 3 is 2.11 bits per heavy atom. The second-order valence-corrected chi connectivity index (χ2v) is 6.47. The molecule has 0 aliphatic rings. The number of carbonyl (C=O) groups is 2. The molecule has 0 fully saturated rings. The van der Waals surface area contributed by atoms with E-state index in [0.29, 0.717) is 12.1 Å². The molecule has 0 atom stereocenters. The number of carbonyl (C=O) groups excluding carboxylic acids is 2. The molecule has 0 saturated carbocycles. The summed E-state index contributed by atoms with van der Waals surface area (Å²) >= 11 is 0. The Morgan fingerprint density at radius 2 is 1.43 bits per heavy atom. The summed E-state index contributed by atoms with van der Waals surface area (Å²) in [5, 5.41) is 3.30. The smallest absolute Gasteiger partial charge is 0.256 e. The molecule has 0 spiro atoms. The van der Waals surface area contributed by atoms with Gasteiger partial charge >= 0.3 is 0 Å². The van der Waals surface area contributed by atoms with Gasteiger partial charge in [-0.3, -0.25) is 9.59 Å². The highest BCUT2D eigenvalue weighted by Gasteiger charge is 2.19. The first-order chi connectivity index (χ1) is 13.6.